The molecule has 0 radical (unpaired) electrons. The lowest BCUT2D eigenvalue weighted by atomic mass is 10.3. The highest BCUT2D eigenvalue weighted by atomic mass is 35.5. The molecule has 2 aromatic rings. The van der Waals surface area contributed by atoms with Gasteiger partial charge in [-0.05, 0) is 18.2 Å². The molecule has 0 aliphatic carbocycles. The minimum Gasteiger partial charge on any atom is -0.450 e. The van der Waals surface area contributed by atoms with Crippen molar-refractivity contribution in [3.63, 3.8) is 0 Å². The first-order valence-corrected chi connectivity index (χ1v) is 5.21. The van der Waals surface area contributed by atoms with Crippen molar-refractivity contribution in [3.05, 3.63) is 63.7 Å². The van der Waals surface area contributed by atoms with E-state index < -0.39 is 4.92 Å². The summed E-state index contributed by atoms with van der Waals surface area (Å²) in [6.07, 6.45) is 0. The van der Waals surface area contributed by atoms with Crippen LogP contribution >= 0.6 is 11.6 Å². The number of hydrogen-bond donors (Lipinski definition) is 0. The second-order valence-corrected chi connectivity index (χ2v) is 3.72. The third kappa shape index (κ3) is 2.73. The van der Waals surface area contributed by atoms with Crippen LogP contribution in [0.25, 0.3) is 0 Å². The molecular formula is C12H8ClNO3. The molecule has 2 rings (SSSR count). The largest absolute Gasteiger partial charge is 0.450 e. The lowest BCUT2D eigenvalue weighted by molar-refractivity contribution is -0.385. The van der Waals surface area contributed by atoms with Crippen molar-refractivity contribution < 1.29 is 9.66 Å². The van der Waals surface area contributed by atoms with E-state index in [0.717, 1.165) is 0 Å². The van der Waals surface area contributed by atoms with Crippen LogP contribution in [0.2, 0.25) is 5.02 Å². The van der Waals surface area contributed by atoms with Crippen LogP contribution < -0.4 is 4.74 Å². The average molecular weight is 250 g/mol. The molecule has 0 aliphatic heterocycles. The molecule has 0 fully saturated rings. The SMILES string of the molecule is O=[N+]([O-])c1ccc(Cl)cc1Oc1ccccc1. The molecule has 0 N–H and O–H groups in total. The van der Waals surface area contributed by atoms with Gasteiger partial charge in [-0.3, -0.25) is 10.1 Å². The van der Waals surface area contributed by atoms with Crippen LogP contribution in [0.1, 0.15) is 0 Å². The highest BCUT2D eigenvalue weighted by Crippen LogP contribution is 2.33. The van der Waals surface area contributed by atoms with Gasteiger partial charge in [-0.15, -0.1) is 0 Å². The maximum absolute atomic E-state index is 10.8. The van der Waals surface area contributed by atoms with Crippen LogP contribution in [-0.4, -0.2) is 4.92 Å². The van der Waals surface area contributed by atoms with Crippen LogP contribution in [0.5, 0.6) is 11.5 Å². The van der Waals surface area contributed by atoms with Gasteiger partial charge in [0.1, 0.15) is 5.75 Å². The summed E-state index contributed by atoms with van der Waals surface area (Å²) >= 11 is 5.79. The third-order valence-corrected chi connectivity index (χ3v) is 2.32. The number of hydrogen-bond acceptors (Lipinski definition) is 3. The van der Waals surface area contributed by atoms with Gasteiger partial charge in [0, 0.05) is 17.2 Å². The zero-order chi connectivity index (χ0) is 12.3. The number of nitrogens with zero attached hydrogens (tertiary/aromatic N) is 1. The molecule has 17 heavy (non-hydrogen) atoms. The maximum Gasteiger partial charge on any atom is 0.311 e. The van der Waals surface area contributed by atoms with Crippen LogP contribution in [0.4, 0.5) is 5.69 Å². The Balaban J connectivity index is 2.37. The molecule has 0 aliphatic rings. The van der Waals surface area contributed by atoms with Crippen LogP contribution in [0.3, 0.4) is 0 Å². The Morgan fingerprint density at radius 1 is 1.12 bits per heavy atom. The fourth-order valence-electron chi connectivity index (χ4n) is 1.34. The van der Waals surface area contributed by atoms with E-state index in [0.29, 0.717) is 10.8 Å². The number of halogens is 1. The summed E-state index contributed by atoms with van der Waals surface area (Å²) in [4.78, 5) is 10.3. The monoisotopic (exact) mass is 249 g/mol. The topological polar surface area (TPSA) is 52.4 Å². The Bertz CT molecular complexity index is 543. The van der Waals surface area contributed by atoms with Gasteiger partial charge in [0.25, 0.3) is 0 Å². The van der Waals surface area contributed by atoms with Crippen LogP contribution in [-0.2, 0) is 0 Å². The van der Waals surface area contributed by atoms with Gasteiger partial charge >= 0.3 is 5.69 Å². The Morgan fingerprint density at radius 3 is 2.47 bits per heavy atom. The predicted octanol–water partition coefficient (Wildman–Crippen LogP) is 4.04. The second-order valence-electron chi connectivity index (χ2n) is 3.28. The molecule has 0 aromatic heterocycles. The van der Waals surface area contributed by atoms with E-state index in [-0.39, 0.29) is 11.4 Å². The van der Waals surface area contributed by atoms with Gasteiger partial charge in [-0.1, -0.05) is 29.8 Å². The molecule has 0 spiro atoms. The van der Waals surface area contributed by atoms with Gasteiger partial charge in [0.2, 0.25) is 5.75 Å². The lowest BCUT2D eigenvalue weighted by Gasteiger charge is -2.06. The van der Waals surface area contributed by atoms with E-state index in [1.54, 1.807) is 24.3 Å². The molecule has 0 bridgehead atoms. The van der Waals surface area contributed by atoms with Gasteiger partial charge in [-0.2, -0.15) is 0 Å². The van der Waals surface area contributed by atoms with Crippen molar-refractivity contribution in [1.82, 2.24) is 0 Å². The summed E-state index contributed by atoms with van der Waals surface area (Å²) in [7, 11) is 0. The fraction of sp³-hybridized carbons (Fsp3) is 0. The number of rotatable bonds is 3. The van der Waals surface area contributed by atoms with Crippen molar-refractivity contribution in [2.75, 3.05) is 0 Å². The molecule has 4 nitrogen and oxygen atoms in total. The summed E-state index contributed by atoms with van der Waals surface area (Å²) in [5.74, 6) is 0.659. The molecule has 86 valence electrons. The maximum atomic E-state index is 10.8. The standard InChI is InChI=1S/C12H8ClNO3/c13-9-6-7-11(14(15)16)12(8-9)17-10-4-2-1-3-5-10/h1-8H. The zero-order valence-corrected chi connectivity index (χ0v) is 9.42. The Hall–Kier alpha value is -2.07. The second kappa shape index (κ2) is 4.84. The molecular weight excluding hydrogens is 242 g/mol. The number of nitro benzene ring substituents is 1. The molecule has 0 heterocycles. The van der Waals surface area contributed by atoms with E-state index in [9.17, 15) is 10.1 Å². The molecule has 5 heteroatoms. The summed E-state index contributed by atoms with van der Waals surface area (Å²) in [5.41, 5.74) is -0.113. The van der Waals surface area contributed by atoms with Crippen molar-refractivity contribution in [1.29, 1.82) is 0 Å². The summed E-state index contributed by atoms with van der Waals surface area (Å²) in [6, 6.07) is 13.0. The van der Waals surface area contributed by atoms with Crippen molar-refractivity contribution in [2.24, 2.45) is 0 Å². The predicted molar refractivity (Wildman–Crippen MR) is 64.6 cm³/mol. The highest BCUT2D eigenvalue weighted by molar-refractivity contribution is 6.30. The quantitative estimate of drug-likeness (QED) is 0.609. The number of nitro groups is 1. The molecule has 0 amide bonds. The third-order valence-electron chi connectivity index (χ3n) is 2.09. The summed E-state index contributed by atoms with van der Waals surface area (Å²) in [5, 5.41) is 11.2. The number of benzene rings is 2. The van der Waals surface area contributed by atoms with Gasteiger partial charge in [0.15, 0.2) is 0 Å². The van der Waals surface area contributed by atoms with Gasteiger partial charge in [0.05, 0.1) is 4.92 Å². The Morgan fingerprint density at radius 2 is 1.82 bits per heavy atom. The van der Waals surface area contributed by atoms with Crippen LogP contribution in [0, 0.1) is 10.1 Å². The highest BCUT2D eigenvalue weighted by Gasteiger charge is 2.15. The minimum atomic E-state index is -0.505. The normalized spacial score (nSPS) is 9.94. The molecule has 2 aromatic carbocycles. The first kappa shape index (κ1) is 11.4. The molecule has 0 saturated heterocycles. The first-order valence-electron chi connectivity index (χ1n) is 4.83. The number of para-hydroxylation sites is 1. The molecule has 0 unspecified atom stereocenters. The van der Waals surface area contributed by atoms with Crippen molar-refractivity contribution in [2.45, 2.75) is 0 Å². The van der Waals surface area contributed by atoms with E-state index in [1.807, 2.05) is 6.07 Å². The van der Waals surface area contributed by atoms with E-state index >= 15 is 0 Å². The van der Waals surface area contributed by atoms with Crippen LogP contribution in [0.15, 0.2) is 48.5 Å². The van der Waals surface area contributed by atoms with Gasteiger partial charge in [-0.25, -0.2) is 0 Å². The van der Waals surface area contributed by atoms with E-state index in [1.165, 1.54) is 18.2 Å². The van der Waals surface area contributed by atoms with Crippen molar-refractivity contribution >= 4 is 17.3 Å². The zero-order valence-electron chi connectivity index (χ0n) is 8.67. The van der Waals surface area contributed by atoms with E-state index in [4.69, 9.17) is 16.3 Å². The van der Waals surface area contributed by atoms with E-state index in [2.05, 4.69) is 0 Å². The minimum absolute atomic E-state index is 0.113. The molecule has 0 saturated carbocycles. The molecule has 0 atom stereocenters. The fourth-order valence-corrected chi connectivity index (χ4v) is 1.50. The Kier molecular flexibility index (Phi) is 3.25. The van der Waals surface area contributed by atoms with Gasteiger partial charge < -0.3 is 4.74 Å². The smallest absolute Gasteiger partial charge is 0.311 e. The average Bonchev–Trinajstić information content (AvgIpc) is 2.30. The first-order chi connectivity index (χ1) is 8.16. The number of ether oxygens (including phenoxy) is 1. The lowest BCUT2D eigenvalue weighted by Crippen LogP contribution is -1.93. The summed E-state index contributed by atoms with van der Waals surface area (Å²) in [6.45, 7) is 0. The Labute approximate surface area is 103 Å². The summed E-state index contributed by atoms with van der Waals surface area (Å²) < 4.78 is 5.43. The van der Waals surface area contributed by atoms with Crippen molar-refractivity contribution in [3.8, 4) is 11.5 Å².